The Balaban J connectivity index is 1.20. The van der Waals surface area contributed by atoms with Crippen LogP contribution >= 0.6 is 0 Å². The maximum atomic E-state index is 12.9. The third kappa shape index (κ3) is 2.66. The molecule has 0 bridgehead atoms. The number of likely N-dealkylation sites (tertiary alicyclic amines) is 1. The van der Waals surface area contributed by atoms with Crippen LogP contribution < -0.4 is 5.32 Å². The fraction of sp³-hybridized carbons (Fsp3) is 0.636. The Morgan fingerprint density at radius 3 is 2.56 bits per heavy atom. The van der Waals surface area contributed by atoms with Crippen LogP contribution in [0.3, 0.4) is 0 Å². The third-order valence-corrected chi connectivity index (χ3v) is 7.43. The zero-order valence-corrected chi connectivity index (χ0v) is 16.2. The molecule has 2 amide bonds. The molecule has 2 aliphatic heterocycles. The molecule has 2 unspecified atom stereocenters. The molecule has 2 aliphatic carbocycles. The van der Waals surface area contributed by atoms with Crippen LogP contribution in [0.15, 0.2) is 24.3 Å². The Morgan fingerprint density at radius 1 is 1.22 bits per heavy atom. The minimum Gasteiger partial charge on any atom is -0.447 e. The van der Waals surface area contributed by atoms with Crippen molar-refractivity contribution in [3.8, 4) is 0 Å². The van der Waals surface area contributed by atoms with E-state index < -0.39 is 0 Å². The first kappa shape index (κ1) is 17.1. The van der Waals surface area contributed by atoms with Gasteiger partial charge in [0.1, 0.15) is 6.61 Å². The summed E-state index contributed by atoms with van der Waals surface area (Å²) in [6, 6.07) is 9.16. The van der Waals surface area contributed by atoms with Crippen LogP contribution in [0.2, 0.25) is 0 Å². The third-order valence-electron chi connectivity index (χ3n) is 7.43. The summed E-state index contributed by atoms with van der Waals surface area (Å²) < 4.78 is 5.02. The molecule has 4 aliphatic rings. The standard InChI is InChI=1S/C22H28N2O3/c1-14(2)15-3-5-17(6-4-15)22-7-8-24(12-18(22)11-22)19(25)16-9-21(10-16)13-27-20(26)23-21/h3-6,14,16,18H,7-13H2,1-2H3,(H,23,26)/t16-,18?,21+,22?. The van der Waals surface area contributed by atoms with Crippen molar-refractivity contribution in [2.24, 2.45) is 11.8 Å². The number of benzene rings is 1. The lowest BCUT2D eigenvalue weighted by Crippen LogP contribution is -2.58. The first-order valence-corrected chi connectivity index (χ1v) is 10.2. The number of nitrogens with zero attached hydrogens (tertiary/aromatic N) is 1. The van der Waals surface area contributed by atoms with Crippen molar-refractivity contribution in [2.45, 2.75) is 56.4 Å². The summed E-state index contributed by atoms with van der Waals surface area (Å²) in [6.07, 6.45) is 3.38. The molecule has 1 aromatic rings. The van der Waals surface area contributed by atoms with Gasteiger partial charge in [-0.25, -0.2) is 4.79 Å². The van der Waals surface area contributed by atoms with Gasteiger partial charge in [-0.1, -0.05) is 38.1 Å². The molecule has 2 saturated carbocycles. The second kappa shape index (κ2) is 5.73. The number of nitrogens with one attached hydrogen (secondary N) is 1. The van der Waals surface area contributed by atoms with Crippen molar-refractivity contribution in [1.29, 1.82) is 0 Å². The zero-order chi connectivity index (χ0) is 18.8. The fourth-order valence-electron chi connectivity index (χ4n) is 5.54. The summed E-state index contributed by atoms with van der Waals surface area (Å²) in [4.78, 5) is 26.3. The van der Waals surface area contributed by atoms with E-state index in [4.69, 9.17) is 4.74 Å². The van der Waals surface area contributed by atoms with Crippen molar-refractivity contribution >= 4 is 12.0 Å². The molecule has 1 N–H and O–H groups in total. The highest BCUT2D eigenvalue weighted by atomic mass is 16.6. The van der Waals surface area contributed by atoms with Crippen LogP contribution in [0.1, 0.15) is 56.6 Å². The SMILES string of the molecule is CC(C)c1ccc(C23CCN(C(=O)[C@H]4C[C@]5(COC(=O)N5)C4)CC2C3)cc1. The number of hydrogen-bond acceptors (Lipinski definition) is 3. The monoisotopic (exact) mass is 368 g/mol. The predicted molar refractivity (Wildman–Crippen MR) is 101 cm³/mol. The van der Waals surface area contributed by atoms with E-state index in [1.54, 1.807) is 0 Å². The number of hydrogen-bond donors (Lipinski definition) is 1. The van der Waals surface area contributed by atoms with E-state index in [2.05, 4.69) is 48.3 Å². The van der Waals surface area contributed by atoms with E-state index in [0.29, 0.717) is 23.9 Å². The number of alkyl carbamates (subject to hydrolysis) is 1. The molecule has 2 atom stereocenters. The number of piperidine rings is 1. The van der Waals surface area contributed by atoms with Crippen molar-refractivity contribution < 1.29 is 14.3 Å². The predicted octanol–water partition coefficient (Wildman–Crippen LogP) is 3.19. The van der Waals surface area contributed by atoms with Gasteiger partial charge in [0.05, 0.1) is 5.54 Å². The van der Waals surface area contributed by atoms with Gasteiger partial charge in [0.25, 0.3) is 0 Å². The second-order valence-corrected chi connectivity index (χ2v) is 9.45. The molecule has 0 radical (unpaired) electrons. The largest absolute Gasteiger partial charge is 0.447 e. The molecular weight excluding hydrogens is 340 g/mol. The van der Waals surface area contributed by atoms with Gasteiger partial charge in [0.15, 0.2) is 0 Å². The van der Waals surface area contributed by atoms with Crippen molar-refractivity contribution in [2.75, 3.05) is 19.7 Å². The minimum atomic E-state index is -0.342. The fourth-order valence-corrected chi connectivity index (χ4v) is 5.54. The molecule has 4 fully saturated rings. The van der Waals surface area contributed by atoms with Crippen LogP contribution in [0.25, 0.3) is 0 Å². The summed E-state index contributed by atoms with van der Waals surface area (Å²) in [5.41, 5.74) is 2.88. The summed E-state index contributed by atoms with van der Waals surface area (Å²) in [5.74, 6) is 1.48. The molecule has 2 saturated heterocycles. The first-order valence-electron chi connectivity index (χ1n) is 10.2. The lowest BCUT2D eigenvalue weighted by Gasteiger charge is -2.44. The number of ether oxygens (including phenoxy) is 1. The van der Waals surface area contributed by atoms with E-state index in [1.807, 2.05) is 0 Å². The summed E-state index contributed by atoms with van der Waals surface area (Å²) in [5, 5.41) is 2.88. The van der Waals surface area contributed by atoms with Gasteiger partial charge >= 0.3 is 6.09 Å². The lowest BCUT2D eigenvalue weighted by molar-refractivity contribution is -0.142. The highest BCUT2D eigenvalue weighted by molar-refractivity contribution is 5.82. The Morgan fingerprint density at radius 2 is 1.96 bits per heavy atom. The van der Waals surface area contributed by atoms with Gasteiger partial charge in [-0.2, -0.15) is 0 Å². The first-order chi connectivity index (χ1) is 12.9. The lowest BCUT2D eigenvalue weighted by atomic mass is 9.68. The molecule has 5 heteroatoms. The molecular formula is C22H28N2O3. The molecule has 27 heavy (non-hydrogen) atoms. The Bertz CT molecular complexity index is 781. The number of fused-ring (bicyclic) bond motifs is 1. The van der Waals surface area contributed by atoms with Crippen LogP contribution in [-0.4, -0.2) is 42.1 Å². The highest BCUT2D eigenvalue weighted by Gasteiger charge is 2.59. The Labute approximate surface area is 160 Å². The average molecular weight is 368 g/mol. The molecule has 1 spiro atoms. The summed E-state index contributed by atoms with van der Waals surface area (Å²) in [7, 11) is 0. The van der Waals surface area contributed by atoms with Crippen molar-refractivity contribution in [1.82, 2.24) is 10.2 Å². The maximum Gasteiger partial charge on any atom is 0.407 e. The Hall–Kier alpha value is -2.04. The van der Waals surface area contributed by atoms with Crippen LogP contribution in [-0.2, 0) is 14.9 Å². The summed E-state index contributed by atoms with van der Waals surface area (Å²) in [6.45, 7) is 6.61. The van der Waals surface area contributed by atoms with Gasteiger partial charge in [-0.05, 0) is 48.6 Å². The van der Waals surface area contributed by atoms with Crippen LogP contribution in [0, 0.1) is 11.8 Å². The van der Waals surface area contributed by atoms with Gasteiger partial charge in [0, 0.05) is 24.4 Å². The number of carbonyl (C=O) groups excluding carboxylic acids is 2. The molecule has 0 aromatic heterocycles. The van der Waals surface area contributed by atoms with E-state index in [9.17, 15) is 9.59 Å². The minimum absolute atomic E-state index is 0.0450. The molecule has 1 aromatic carbocycles. The number of carbonyl (C=O) groups is 2. The summed E-state index contributed by atoms with van der Waals surface area (Å²) >= 11 is 0. The topological polar surface area (TPSA) is 58.6 Å². The van der Waals surface area contributed by atoms with E-state index in [-0.39, 0.29) is 23.5 Å². The van der Waals surface area contributed by atoms with Gasteiger partial charge < -0.3 is 15.0 Å². The number of cyclic esters (lactones) is 1. The normalized spacial score (nSPS) is 36.9. The van der Waals surface area contributed by atoms with Gasteiger partial charge in [-0.3, -0.25) is 4.79 Å². The smallest absolute Gasteiger partial charge is 0.407 e. The highest BCUT2D eigenvalue weighted by Crippen LogP contribution is 2.59. The maximum absolute atomic E-state index is 12.9. The van der Waals surface area contributed by atoms with Gasteiger partial charge in [-0.15, -0.1) is 0 Å². The number of rotatable bonds is 3. The molecule has 144 valence electrons. The van der Waals surface area contributed by atoms with Gasteiger partial charge in [0.2, 0.25) is 5.91 Å². The van der Waals surface area contributed by atoms with E-state index in [0.717, 1.165) is 32.4 Å². The van der Waals surface area contributed by atoms with E-state index >= 15 is 0 Å². The molecule has 5 rings (SSSR count). The zero-order valence-electron chi connectivity index (χ0n) is 16.2. The molecule has 5 nitrogen and oxygen atoms in total. The van der Waals surface area contributed by atoms with Crippen LogP contribution in [0.4, 0.5) is 4.79 Å². The second-order valence-electron chi connectivity index (χ2n) is 9.45. The molecule has 2 heterocycles. The average Bonchev–Trinajstić information content (AvgIpc) is 3.25. The van der Waals surface area contributed by atoms with Crippen LogP contribution in [0.5, 0.6) is 0 Å². The van der Waals surface area contributed by atoms with Crippen molar-refractivity contribution in [3.63, 3.8) is 0 Å². The Kier molecular flexibility index (Phi) is 3.62. The quantitative estimate of drug-likeness (QED) is 0.891. The van der Waals surface area contributed by atoms with Crippen molar-refractivity contribution in [3.05, 3.63) is 35.4 Å². The number of amides is 2. The van der Waals surface area contributed by atoms with E-state index in [1.165, 1.54) is 17.5 Å².